The van der Waals surface area contributed by atoms with Crippen molar-refractivity contribution >= 4 is 34.0 Å². The molecule has 1 amide bonds. The molecule has 1 aliphatic carbocycles. The van der Waals surface area contributed by atoms with E-state index in [1.54, 1.807) is 16.8 Å². The van der Waals surface area contributed by atoms with Crippen molar-refractivity contribution in [2.45, 2.75) is 19.3 Å². The van der Waals surface area contributed by atoms with Crippen molar-refractivity contribution in [3.63, 3.8) is 0 Å². The minimum Gasteiger partial charge on any atom is -0.316 e. The molecule has 26 heavy (non-hydrogen) atoms. The van der Waals surface area contributed by atoms with Crippen LogP contribution in [-0.4, -0.2) is 20.5 Å². The zero-order valence-corrected chi connectivity index (χ0v) is 14.1. The number of nitro groups is 1. The molecule has 0 unspecified atom stereocenters. The zero-order valence-electron chi connectivity index (χ0n) is 13.3. The van der Waals surface area contributed by atoms with Gasteiger partial charge in [-0.2, -0.15) is 11.3 Å². The van der Waals surface area contributed by atoms with E-state index in [1.165, 1.54) is 17.4 Å². The van der Waals surface area contributed by atoms with Crippen molar-refractivity contribution < 1.29 is 9.72 Å². The van der Waals surface area contributed by atoms with Crippen LogP contribution >= 0.6 is 11.3 Å². The van der Waals surface area contributed by atoms with Crippen LogP contribution < -0.4 is 16.5 Å². The van der Waals surface area contributed by atoms with Crippen molar-refractivity contribution in [2.24, 2.45) is 0 Å². The van der Waals surface area contributed by atoms with Gasteiger partial charge in [-0.05, 0) is 36.3 Å². The molecule has 9 nitrogen and oxygen atoms in total. The molecule has 0 saturated heterocycles. The normalized spacial score (nSPS) is 12.9. The van der Waals surface area contributed by atoms with Gasteiger partial charge in [0.1, 0.15) is 0 Å². The number of thiophene rings is 1. The van der Waals surface area contributed by atoms with Gasteiger partial charge in [0.2, 0.25) is 0 Å². The molecule has 2 heterocycles. The number of amides is 1. The van der Waals surface area contributed by atoms with Crippen molar-refractivity contribution in [1.82, 2.24) is 9.66 Å². The smallest absolute Gasteiger partial charge is 0.316 e. The van der Waals surface area contributed by atoms with E-state index in [0.29, 0.717) is 35.0 Å². The van der Waals surface area contributed by atoms with Crippen molar-refractivity contribution in [3.05, 3.63) is 70.4 Å². The predicted octanol–water partition coefficient (Wildman–Crippen LogP) is 1.53. The Hall–Kier alpha value is -3.27. The van der Waals surface area contributed by atoms with Crippen LogP contribution in [0.4, 0.5) is 5.69 Å². The molecule has 2 aromatic heterocycles. The molecule has 2 N–H and O–H groups in total. The summed E-state index contributed by atoms with van der Waals surface area (Å²) in [7, 11) is 0. The monoisotopic (exact) mass is 372 g/mol. The second kappa shape index (κ2) is 5.92. The average molecular weight is 372 g/mol. The molecule has 1 aliphatic rings. The Morgan fingerprint density at radius 2 is 2.08 bits per heavy atom. The van der Waals surface area contributed by atoms with Crippen LogP contribution in [0.2, 0.25) is 0 Å². The molecule has 0 radical (unpaired) electrons. The first-order valence-electron chi connectivity index (χ1n) is 7.79. The number of carbonyl (C=O) groups is 1. The number of aromatic amines is 1. The third-order valence-electron chi connectivity index (χ3n) is 4.43. The van der Waals surface area contributed by atoms with E-state index in [2.05, 4.69) is 10.4 Å². The van der Waals surface area contributed by atoms with E-state index < -0.39 is 21.9 Å². The highest BCUT2D eigenvalue weighted by Gasteiger charge is 2.27. The highest BCUT2D eigenvalue weighted by Crippen LogP contribution is 2.35. The fourth-order valence-corrected chi connectivity index (χ4v) is 3.91. The van der Waals surface area contributed by atoms with E-state index in [4.69, 9.17) is 0 Å². The predicted molar refractivity (Wildman–Crippen MR) is 95.5 cm³/mol. The van der Waals surface area contributed by atoms with Crippen LogP contribution in [-0.2, 0) is 12.8 Å². The van der Waals surface area contributed by atoms with Crippen LogP contribution in [0.1, 0.15) is 27.9 Å². The summed E-state index contributed by atoms with van der Waals surface area (Å²) in [6.45, 7) is 0. The molecule has 1 aromatic carbocycles. The van der Waals surface area contributed by atoms with Crippen molar-refractivity contribution in [3.8, 4) is 0 Å². The van der Waals surface area contributed by atoms with Gasteiger partial charge in [-0.15, -0.1) is 0 Å². The molecule has 3 aromatic rings. The van der Waals surface area contributed by atoms with Gasteiger partial charge < -0.3 is 4.98 Å². The van der Waals surface area contributed by atoms with E-state index in [-0.39, 0.29) is 11.2 Å². The molecule has 0 fully saturated rings. The summed E-state index contributed by atoms with van der Waals surface area (Å²) < 4.78 is 0.791. The van der Waals surface area contributed by atoms with Gasteiger partial charge in [0, 0.05) is 17.0 Å². The van der Waals surface area contributed by atoms with E-state index in [9.17, 15) is 24.5 Å². The lowest BCUT2D eigenvalue weighted by atomic mass is 10.1. The summed E-state index contributed by atoms with van der Waals surface area (Å²) in [6, 6.07) is 2.80. The lowest BCUT2D eigenvalue weighted by Gasteiger charge is -2.13. The number of hydrogen-bond donors (Lipinski definition) is 2. The largest absolute Gasteiger partial charge is 0.335 e. The second-order valence-electron chi connectivity index (χ2n) is 5.91. The number of carbonyl (C=O) groups excluding carboxylic acids is 1. The van der Waals surface area contributed by atoms with Gasteiger partial charge in [-0.1, -0.05) is 0 Å². The topological polar surface area (TPSA) is 127 Å². The fourth-order valence-electron chi connectivity index (χ4n) is 3.27. The Labute approximate surface area is 149 Å². The molecule has 0 aliphatic heterocycles. The molecule has 10 heteroatoms. The Morgan fingerprint density at radius 3 is 2.77 bits per heavy atom. The first kappa shape index (κ1) is 16.2. The molecule has 0 spiro atoms. The summed E-state index contributed by atoms with van der Waals surface area (Å²) >= 11 is 1.31. The molecule has 0 saturated carbocycles. The van der Waals surface area contributed by atoms with E-state index in [1.807, 2.05) is 0 Å². The fraction of sp³-hybridized carbons (Fsp3) is 0.188. The summed E-state index contributed by atoms with van der Waals surface area (Å²) in [5.74, 6) is -0.580. The van der Waals surface area contributed by atoms with Gasteiger partial charge >= 0.3 is 11.1 Å². The number of H-pyrrole nitrogens is 1. The summed E-state index contributed by atoms with van der Waals surface area (Å²) in [6.07, 6.45) is 1.81. The van der Waals surface area contributed by atoms with E-state index in [0.717, 1.165) is 11.1 Å². The summed E-state index contributed by atoms with van der Waals surface area (Å²) in [5.41, 5.74) is 2.34. The first-order valence-corrected chi connectivity index (χ1v) is 8.73. The summed E-state index contributed by atoms with van der Waals surface area (Å²) in [5, 5.41) is 14.7. The number of benzene rings is 1. The summed E-state index contributed by atoms with van der Waals surface area (Å²) in [4.78, 5) is 50.1. The quantitative estimate of drug-likeness (QED) is 0.409. The van der Waals surface area contributed by atoms with Gasteiger partial charge in [-0.3, -0.25) is 29.9 Å². The lowest BCUT2D eigenvalue weighted by molar-refractivity contribution is -0.385. The van der Waals surface area contributed by atoms with Gasteiger partial charge in [-0.25, -0.2) is 4.68 Å². The minimum absolute atomic E-state index is 0.102. The average Bonchev–Trinajstić information content (AvgIpc) is 3.29. The Morgan fingerprint density at radius 1 is 1.31 bits per heavy atom. The number of rotatable bonds is 3. The number of nitrogens with one attached hydrogen (secondary N) is 2. The maximum Gasteiger partial charge on any atom is 0.335 e. The molecular formula is C16H12N4O5S. The van der Waals surface area contributed by atoms with Gasteiger partial charge in [0.25, 0.3) is 11.6 Å². The SMILES string of the molecule is O=C(Nn1c(=O)c(=O)[nH]c2c3c(c([N+](=O)[O-])cc21)CCC3)c1ccsc1. The second-order valence-corrected chi connectivity index (χ2v) is 6.69. The maximum atomic E-state index is 12.3. The number of nitro benzene ring substituents is 1. The van der Waals surface area contributed by atoms with Gasteiger partial charge in [0.15, 0.2) is 0 Å². The van der Waals surface area contributed by atoms with Crippen LogP contribution in [0.15, 0.2) is 32.5 Å². The highest BCUT2D eigenvalue weighted by atomic mass is 32.1. The highest BCUT2D eigenvalue weighted by molar-refractivity contribution is 7.08. The molecule has 4 rings (SSSR count). The zero-order chi connectivity index (χ0) is 18.4. The van der Waals surface area contributed by atoms with E-state index >= 15 is 0 Å². The molecule has 132 valence electrons. The third kappa shape index (κ3) is 2.42. The van der Waals surface area contributed by atoms with Crippen molar-refractivity contribution in [2.75, 3.05) is 5.43 Å². The van der Waals surface area contributed by atoms with Crippen LogP contribution in [0, 0.1) is 10.1 Å². The van der Waals surface area contributed by atoms with Crippen molar-refractivity contribution in [1.29, 1.82) is 0 Å². The number of aryl methyl sites for hydroxylation is 1. The number of fused-ring (bicyclic) bond motifs is 3. The molecule has 0 atom stereocenters. The lowest BCUT2D eigenvalue weighted by Crippen LogP contribution is -2.42. The first-order chi connectivity index (χ1) is 12.5. The Balaban J connectivity index is 2.00. The number of hydrogen-bond acceptors (Lipinski definition) is 6. The third-order valence-corrected chi connectivity index (χ3v) is 5.11. The molecular weight excluding hydrogens is 360 g/mol. The molecule has 0 bridgehead atoms. The van der Waals surface area contributed by atoms with Crippen LogP contribution in [0.25, 0.3) is 11.0 Å². The Bertz CT molecular complexity index is 1180. The number of nitrogens with zero attached hydrogens (tertiary/aromatic N) is 2. The van der Waals surface area contributed by atoms with Crippen LogP contribution in [0.3, 0.4) is 0 Å². The number of aromatic nitrogens is 2. The van der Waals surface area contributed by atoms with Crippen LogP contribution in [0.5, 0.6) is 0 Å². The maximum absolute atomic E-state index is 12.3. The van der Waals surface area contributed by atoms with Gasteiger partial charge in [0.05, 0.1) is 21.5 Å². The Kier molecular flexibility index (Phi) is 3.69. The minimum atomic E-state index is -1.01. The standard InChI is InChI=1S/C16H12N4O5S/c21-14(8-4-5-26-7-8)18-19-12-6-11(20(24)25)9-2-1-3-10(9)13(12)17-15(22)16(19)23/h4-7H,1-3H2,(H,17,22)(H,18,21).